The number of hydrogen-bond donors (Lipinski definition) is 1. The number of carbonyl (C=O) groups is 2. The van der Waals surface area contributed by atoms with Crippen molar-refractivity contribution >= 4 is 23.4 Å². The van der Waals surface area contributed by atoms with E-state index < -0.39 is 0 Å². The molecule has 0 spiro atoms. The van der Waals surface area contributed by atoms with Crippen molar-refractivity contribution in [2.24, 2.45) is 0 Å². The van der Waals surface area contributed by atoms with Crippen LogP contribution in [0.4, 0.5) is 0 Å². The maximum Gasteiger partial charge on any atom is 0.236 e. The Morgan fingerprint density at radius 3 is 2.25 bits per heavy atom. The van der Waals surface area contributed by atoms with E-state index in [1.54, 1.807) is 0 Å². The molecule has 2 fully saturated rings. The Morgan fingerprint density at radius 2 is 1.61 bits per heavy atom. The van der Waals surface area contributed by atoms with E-state index in [1.807, 2.05) is 41.0 Å². The number of hydrogen-bond acceptors (Lipinski definition) is 5. The molecule has 2 saturated heterocycles. The number of rotatable bonds is 6. The lowest BCUT2D eigenvalue weighted by Crippen LogP contribution is -2.53. The monoisotopic (exact) mass is 408 g/mol. The highest BCUT2D eigenvalue weighted by molar-refractivity contribution is 6.30. The first-order valence-electron chi connectivity index (χ1n) is 9.87. The Balaban J connectivity index is 1.37. The average Bonchev–Trinajstić information content (AvgIpc) is 2.73. The van der Waals surface area contributed by atoms with Crippen molar-refractivity contribution in [2.45, 2.75) is 13.0 Å². The minimum Gasteiger partial charge on any atom is -0.378 e. The Hall–Kier alpha value is -1.67. The van der Waals surface area contributed by atoms with Gasteiger partial charge in [0.1, 0.15) is 0 Å². The number of halogens is 1. The molecule has 0 aromatic heterocycles. The van der Waals surface area contributed by atoms with Gasteiger partial charge in [0, 0.05) is 50.3 Å². The molecule has 2 heterocycles. The Labute approximate surface area is 171 Å². The summed E-state index contributed by atoms with van der Waals surface area (Å²) in [6, 6.07) is 7.72. The highest BCUT2D eigenvalue weighted by Gasteiger charge is 2.25. The van der Waals surface area contributed by atoms with Gasteiger partial charge in [-0.05, 0) is 24.6 Å². The van der Waals surface area contributed by atoms with Crippen LogP contribution in [0.2, 0.25) is 5.02 Å². The van der Waals surface area contributed by atoms with Gasteiger partial charge in [-0.15, -0.1) is 0 Å². The average molecular weight is 409 g/mol. The third kappa shape index (κ3) is 5.91. The van der Waals surface area contributed by atoms with Gasteiger partial charge in [0.15, 0.2) is 0 Å². The van der Waals surface area contributed by atoms with Crippen molar-refractivity contribution in [3.63, 3.8) is 0 Å². The minimum absolute atomic E-state index is 0.0775. The van der Waals surface area contributed by atoms with Gasteiger partial charge in [-0.2, -0.15) is 0 Å². The third-order valence-electron chi connectivity index (χ3n) is 5.38. The van der Waals surface area contributed by atoms with E-state index in [9.17, 15) is 9.59 Å². The minimum atomic E-state index is 0.0775. The first-order valence-corrected chi connectivity index (χ1v) is 10.3. The first kappa shape index (κ1) is 21.0. The number of nitrogens with zero attached hydrogens (tertiary/aromatic N) is 3. The second-order valence-electron chi connectivity index (χ2n) is 7.30. The lowest BCUT2D eigenvalue weighted by atomic mass is 10.1. The van der Waals surface area contributed by atoms with Crippen LogP contribution >= 0.6 is 11.6 Å². The molecular weight excluding hydrogens is 380 g/mol. The van der Waals surface area contributed by atoms with Crippen LogP contribution in [-0.4, -0.2) is 92.1 Å². The molecule has 0 radical (unpaired) electrons. The molecule has 0 aliphatic carbocycles. The Bertz CT molecular complexity index is 656. The highest BCUT2D eigenvalue weighted by atomic mass is 35.5. The largest absolute Gasteiger partial charge is 0.378 e. The van der Waals surface area contributed by atoms with Gasteiger partial charge in [-0.3, -0.25) is 14.5 Å². The number of benzene rings is 1. The van der Waals surface area contributed by atoms with Gasteiger partial charge in [0.2, 0.25) is 11.8 Å². The molecule has 0 saturated carbocycles. The predicted molar refractivity (Wildman–Crippen MR) is 108 cm³/mol. The van der Waals surface area contributed by atoms with Crippen molar-refractivity contribution in [1.82, 2.24) is 20.0 Å². The van der Waals surface area contributed by atoms with Gasteiger partial charge < -0.3 is 19.9 Å². The van der Waals surface area contributed by atoms with Crippen LogP contribution in [0.1, 0.15) is 18.5 Å². The molecule has 0 bridgehead atoms. The van der Waals surface area contributed by atoms with Crippen LogP contribution in [0.15, 0.2) is 24.3 Å². The first-order chi connectivity index (χ1) is 13.5. The van der Waals surface area contributed by atoms with Crippen molar-refractivity contribution in [3.8, 4) is 0 Å². The van der Waals surface area contributed by atoms with E-state index in [1.165, 1.54) is 0 Å². The fraction of sp³-hybridized carbons (Fsp3) is 0.600. The number of piperazine rings is 1. The topological polar surface area (TPSA) is 65.1 Å². The van der Waals surface area contributed by atoms with Gasteiger partial charge in [0.25, 0.3) is 0 Å². The molecule has 154 valence electrons. The molecule has 7 nitrogen and oxygen atoms in total. The quantitative estimate of drug-likeness (QED) is 0.760. The summed E-state index contributed by atoms with van der Waals surface area (Å²) in [6.45, 7) is 8.13. The van der Waals surface area contributed by atoms with Crippen LogP contribution in [0.5, 0.6) is 0 Å². The molecule has 2 aliphatic rings. The molecule has 28 heavy (non-hydrogen) atoms. The molecule has 1 atom stereocenters. The van der Waals surface area contributed by atoms with Crippen molar-refractivity contribution < 1.29 is 14.3 Å². The number of amides is 2. The molecule has 0 unspecified atom stereocenters. The summed E-state index contributed by atoms with van der Waals surface area (Å²) in [6.07, 6.45) is 0. The fourth-order valence-corrected chi connectivity index (χ4v) is 3.61. The fourth-order valence-electron chi connectivity index (χ4n) is 3.48. The van der Waals surface area contributed by atoms with E-state index in [2.05, 4.69) is 10.2 Å². The number of ether oxygens (including phenoxy) is 1. The molecule has 2 amide bonds. The van der Waals surface area contributed by atoms with Gasteiger partial charge in [-0.25, -0.2) is 0 Å². The lowest BCUT2D eigenvalue weighted by Gasteiger charge is -2.36. The Morgan fingerprint density at radius 1 is 1.00 bits per heavy atom. The third-order valence-corrected chi connectivity index (χ3v) is 5.63. The lowest BCUT2D eigenvalue weighted by molar-refractivity contribution is -0.137. The number of nitrogens with one attached hydrogen (secondary N) is 1. The zero-order valence-electron chi connectivity index (χ0n) is 16.4. The van der Waals surface area contributed by atoms with Crippen LogP contribution in [0, 0.1) is 0 Å². The summed E-state index contributed by atoms with van der Waals surface area (Å²) >= 11 is 5.92. The molecule has 8 heteroatoms. The molecule has 1 aromatic carbocycles. The van der Waals surface area contributed by atoms with E-state index in [4.69, 9.17) is 16.3 Å². The van der Waals surface area contributed by atoms with Crippen LogP contribution in [-0.2, 0) is 14.3 Å². The second-order valence-corrected chi connectivity index (χ2v) is 7.74. The van der Waals surface area contributed by atoms with E-state index in [-0.39, 0.29) is 17.9 Å². The second kappa shape index (κ2) is 10.2. The standard InChI is InChI=1S/C20H29ClN4O3/c1-16(17-2-4-18(21)5-3-17)22-14-19(26)24-8-6-23(7-9-24)15-20(27)25-10-12-28-13-11-25/h2-5,16,22H,6-15H2,1H3/t16-/m0/s1. The van der Waals surface area contributed by atoms with Gasteiger partial charge >= 0.3 is 0 Å². The molecule has 1 N–H and O–H groups in total. The summed E-state index contributed by atoms with van der Waals surface area (Å²) < 4.78 is 5.29. The predicted octanol–water partition coefficient (Wildman–Crippen LogP) is 0.994. The van der Waals surface area contributed by atoms with Crippen molar-refractivity contribution in [3.05, 3.63) is 34.9 Å². The van der Waals surface area contributed by atoms with Crippen LogP contribution < -0.4 is 5.32 Å². The molecule has 2 aliphatic heterocycles. The summed E-state index contributed by atoms with van der Waals surface area (Å²) in [5.41, 5.74) is 1.10. The molecular formula is C20H29ClN4O3. The summed E-state index contributed by atoms with van der Waals surface area (Å²) in [4.78, 5) is 30.7. The molecule has 3 rings (SSSR count). The van der Waals surface area contributed by atoms with Gasteiger partial charge in [-0.1, -0.05) is 23.7 Å². The van der Waals surface area contributed by atoms with E-state index in [0.29, 0.717) is 57.5 Å². The van der Waals surface area contributed by atoms with Crippen molar-refractivity contribution in [1.29, 1.82) is 0 Å². The van der Waals surface area contributed by atoms with Gasteiger partial charge in [0.05, 0.1) is 26.3 Å². The van der Waals surface area contributed by atoms with Crippen LogP contribution in [0.3, 0.4) is 0 Å². The zero-order valence-corrected chi connectivity index (χ0v) is 17.2. The summed E-state index contributed by atoms with van der Waals surface area (Å²) in [5.74, 6) is 0.251. The van der Waals surface area contributed by atoms with E-state index >= 15 is 0 Å². The number of morpholine rings is 1. The van der Waals surface area contributed by atoms with Crippen LogP contribution in [0.25, 0.3) is 0 Å². The summed E-state index contributed by atoms with van der Waals surface area (Å²) in [7, 11) is 0. The maximum absolute atomic E-state index is 12.5. The normalized spacial score (nSPS) is 19.5. The highest BCUT2D eigenvalue weighted by Crippen LogP contribution is 2.16. The smallest absolute Gasteiger partial charge is 0.236 e. The maximum atomic E-state index is 12.5. The number of carbonyl (C=O) groups excluding carboxylic acids is 2. The SMILES string of the molecule is C[C@H](NCC(=O)N1CCN(CC(=O)N2CCOCC2)CC1)c1ccc(Cl)cc1. The Kier molecular flexibility index (Phi) is 7.67. The van der Waals surface area contributed by atoms with Crippen molar-refractivity contribution in [2.75, 3.05) is 65.6 Å². The zero-order chi connectivity index (χ0) is 19.9. The molecule has 1 aromatic rings. The summed E-state index contributed by atoms with van der Waals surface area (Å²) in [5, 5.41) is 3.99. The van der Waals surface area contributed by atoms with E-state index in [0.717, 1.165) is 18.7 Å².